The van der Waals surface area contributed by atoms with Crippen LogP contribution in [0.5, 0.6) is 0 Å². The second-order valence-electron chi connectivity index (χ2n) is 5.34. The third kappa shape index (κ3) is 3.34. The zero-order chi connectivity index (χ0) is 11.4. The first kappa shape index (κ1) is 11.6. The van der Waals surface area contributed by atoms with Gasteiger partial charge in [0.25, 0.3) is 0 Å². The van der Waals surface area contributed by atoms with E-state index in [2.05, 4.69) is 23.7 Å². The van der Waals surface area contributed by atoms with E-state index < -0.39 is 0 Å². The second kappa shape index (κ2) is 5.48. The molecule has 3 nitrogen and oxygen atoms in total. The monoisotopic (exact) mass is 222 g/mol. The molecule has 0 N–H and O–H groups in total. The summed E-state index contributed by atoms with van der Waals surface area (Å²) in [4.78, 5) is 6.46. The Morgan fingerprint density at radius 2 is 2.44 bits per heavy atom. The van der Waals surface area contributed by atoms with Crippen LogP contribution < -0.4 is 0 Å². The third-order valence-electron chi connectivity index (χ3n) is 3.27. The molecule has 3 heteroatoms. The Balaban J connectivity index is 1.82. The Morgan fingerprint density at radius 1 is 1.56 bits per heavy atom. The first-order chi connectivity index (χ1) is 7.74. The number of rotatable bonds is 4. The van der Waals surface area contributed by atoms with Gasteiger partial charge in [0.15, 0.2) is 6.39 Å². The number of nitrogens with zero attached hydrogens (tertiary/aromatic N) is 2. The van der Waals surface area contributed by atoms with Gasteiger partial charge in [0.1, 0.15) is 5.76 Å². The fourth-order valence-electron chi connectivity index (χ4n) is 2.69. The molecule has 1 saturated heterocycles. The van der Waals surface area contributed by atoms with Crippen molar-refractivity contribution in [2.75, 3.05) is 13.1 Å². The van der Waals surface area contributed by atoms with Crippen LogP contribution in [0.25, 0.3) is 0 Å². The highest BCUT2D eigenvalue weighted by molar-refractivity contribution is 4.89. The summed E-state index contributed by atoms with van der Waals surface area (Å²) in [5.74, 6) is 2.68. The quantitative estimate of drug-likeness (QED) is 0.784. The summed E-state index contributed by atoms with van der Waals surface area (Å²) in [7, 11) is 0. The number of aromatic nitrogens is 1. The van der Waals surface area contributed by atoms with Crippen LogP contribution in [0, 0.1) is 11.8 Å². The van der Waals surface area contributed by atoms with Crippen molar-refractivity contribution in [3.05, 3.63) is 18.4 Å². The Labute approximate surface area is 97.8 Å². The van der Waals surface area contributed by atoms with Crippen molar-refractivity contribution >= 4 is 0 Å². The van der Waals surface area contributed by atoms with Crippen LogP contribution in [0.3, 0.4) is 0 Å². The van der Waals surface area contributed by atoms with E-state index in [0.29, 0.717) is 0 Å². The third-order valence-corrected chi connectivity index (χ3v) is 3.27. The van der Waals surface area contributed by atoms with Crippen molar-refractivity contribution in [2.24, 2.45) is 11.8 Å². The van der Waals surface area contributed by atoms with E-state index in [-0.39, 0.29) is 0 Å². The molecule has 1 aromatic rings. The van der Waals surface area contributed by atoms with Gasteiger partial charge in [-0.15, -0.1) is 0 Å². The molecule has 2 heterocycles. The molecule has 2 rings (SSSR count). The lowest BCUT2D eigenvalue weighted by Crippen LogP contribution is -2.35. The van der Waals surface area contributed by atoms with Crippen molar-refractivity contribution < 1.29 is 4.42 Å². The average molecular weight is 222 g/mol. The van der Waals surface area contributed by atoms with E-state index in [9.17, 15) is 0 Å². The number of hydrogen-bond donors (Lipinski definition) is 0. The smallest absolute Gasteiger partial charge is 0.180 e. The van der Waals surface area contributed by atoms with Crippen LogP contribution in [0.15, 0.2) is 17.0 Å². The van der Waals surface area contributed by atoms with Gasteiger partial charge < -0.3 is 4.42 Å². The van der Waals surface area contributed by atoms with E-state index in [1.807, 2.05) is 6.20 Å². The molecule has 0 radical (unpaired) electrons. The minimum absolute atomic E-state index is 0.815. The molecule has 90 valence electrons. The Kier molecular flexibility index (Phi) is 3.99. The highest BCUT2D eigenvalue weighted by atomic mass is 16.3. The van der Waals surface area contributed by atoms with Gasteiger partial charge in [-0.3, -0.25) is 4.90 Å². The molecular weight excluding hydrogens is 200 g/mol. The Hall–Kier alpha value is -0.830. The first-order valence-corrected chi connectivity index (χ1v) is 6.33. The predicted octanol–water partition coefficient (Wildman–Crippen LogP) is 2.93. The normalized spacial score (nSPS) is 22.8. The molecule has 0 amide bonds. The molecule has 1 fully saturated rings. The van der Waals surface area contributed by atoms with Crippen LogP contribution in [0.4, 0.5) is 0 Å². The van der Waals surface area contributed by atoms with E-state index in [1.165, 1.54) is 38.7 Å². The molecule has 1 unspecified atom stereocenters. The molecule has 1 aromatic heterocycles. The molecule has 0 aromatic carbocycles. The summed E-state index contributed by atoms with van der Waals surface area (Å²) in [6.45, 7) is 7.98. The topological polar surface area (TPSA) is 29.3 Å². The lowest BCUT2D eigenvalue weighted by Gasteiger charge is -2.32. The van der Waals surface area contributed by atoms with E-state index >= 15 is 0 Å². The van der Waals surface area contributed by atoms with Crippen LogP contribution in [-0.4, -0.2) is 23.0 Å². The molecule has 16 heavy (non-hydrogen) atoms. The van der Waals surface area contributed by atoms with Crippen LogP contribution in [0.2, 0.25) is 0 Å². The van der Waals surface area contributed by atoms with E-state index in [4.69, 9.17) is 4.42 Å². The molecule has 0 aliphatic carbocycles. The zero-order valence-corrected chi connectivity index (χ0v) is 10.4. The van der Waals surface area contributed by atoms with Gasteiger partial charge >= 0.3 is 0 Å². The van der Waals surface area contributed by atoms with E-state index in [1.54, 1.807) is 0 Å². The number of likely N-dealkylation sites (tertiary alicyclic amines) is 1. The van der Waals surface area contributed by atoms with Crippen molar-refractivity contribution in [3.8, 4) is 0 Å². The van der Waals surface area contributed by atoms with Gasteiger partial charge in [0.2, 0.25) is 0 Å². The predicted molar refractivity (Wildman–Crippen MR) is 64.0 cm³/mol. The number of hydrogen-bond acceptors (Lipinski definition) is 3. The summed E-state index contributed by atoms with van der Waals surface area (Å²) >= 11 is 0. The van der Waals surface area contributed by atoms with Gasteiger partial charge in [-0.2, -0.15) is 0 Å². The first-order valence-electron chi connectivity index (χ1n) is 6.33. The maximum Gasteiger partial charge on any atom is 0.180 e. The maximum absolute atomic E-state index is 5.30. The SMILES string of the molecule is CC(C)CC1CCCN(Cc2cnco2)C1. The minimum Gasteiger partial charge on any atom is -0.447 e. The van der Waals surface area contributed by atoms with Gasteiger partial charge in [-0.1, -0.05) is 13.8 Å². The number of piperidine rings is 1. The molecule has 1 atom stereocenters. The largest absolute Gasteiger partial charge is 0.447 e. The van der Waals surface area contributed by atoms with Crippen molar-refractivity contribution in [3.63, 3.8) is 0 Å². The zero-order valence-electron chi connectivity index (χ0n) is 10.4. The average Bonchev–Trinajstić information content (AvgIpc) is 2.70. The fraction of sp³-hybridized carbons (Fsp3) is 0.769. The minimum atomic E-state index is 0.815. The molecule has 0 saturated carbocycles. The fourth-order valence-corrected chi connectivity index (χ4v) is 2.69. The van der Waals surface area contributed by atoms with Crippen molar-refractivity contribution in [1.82, 2.24) is 9.88 Å². The molecular formula is C13H22N2O. The summed E-state index contributed by atoms with van der Waals surface area (Å²) in [6.07, 6.45) is 7.42. The Bertz CT molecular complexity index is 295. The summed E-state index contributed by atoms with van der Waals surface area (Å²) < 4.78 is 5.30. The van der Waals surface area contributed by atoms with E-state index in [0.717, 1.165) is 24.1 Å². The number of oxazole rings is 1. The van der Waals surface area contributed by atoms with Crippen molar-refractivity contribution in [1.29, 1.82) is 0 Å². The molecule has 0 spiro atoms. The highest BCUT2D eigenvalue weighted by Crippen LogP contribution is 2.24. The van der Waals surface area contributed by atoms with Crippen LogP contribution >= 0.6 is 0 Å². The lowest BCUT2D eigenvalue weighted by atomic mass is 9.90. The van der Waals surface area contributed by atoms with Gasteiger partial charge in [0.05, 0.1) is 12.7 Å². The van der Waals surface area contributed by atoms with Gasteiger partial charge in [0, 0.05) is 6.54 Å². The second-order valence-corrected chi connectivity index (χ2v) is 5.34. The van der Waals surface area contributed by atoms with Gasteiger partial charge in [-0.05, 0) is 37.6 Å². The maximum atomic E-state index is 5.30. The summed E-state index contributed by atoms with van der Waals surface area (Å²) in [5.41, 5.74) is 0. The summed E-state index contributed by atoms with van der Waals surface area (Å²) in [5, 5.41) is 0. The Morgan fingerprint density at radius 3 is 3.12 bits per heavy atom. The van der Waals surface area contributed by atoms with Crippen molar-refractivity contribution in [2.45, 2.75) is 39.7 Å². The highest BCUT2D eigenvalue weighted by Gasteiger charge is 2.21. The standard InChI is InChI=1S/C13H22N2O/c1-11(2)6-12-4-3-5-15(8-12)9-13-7-14-10-16-13/h7,10-12H,3-6,8-9H2,1-2H3. The lowest BCUT2D eigenvalue weighted by molar-refractivity contribution is 0.144. The van der Waals surface area contributed by atoms with Crippen LogP contribution in [-0.2, 0) is 6.54 Å². The van der Waals surface area contributed by atoms with Gasteiger partial charge in [-0.25, -0.2) is 4.98 Å². The summed E-state index contributed by atoms with van der Waals surface area (Å²) in [6, 6.07) is 0. The molecule has 0 bridgehead atoms. The molecule has 1 aliphatic rings. The van der Waals surface area contributed by atoms with Crippen LogP contribution in [0.1, 0.15) is 38.9 Å². The molecule has 1 aliphatic heterocycles.